The third kappa shape index (κ3) is 4.17. The summed E-state index contributed by atoms with van der Waals surface area (Å²) in [6.07, 6.45) is 1.04. The van der Waals surface area contributed by atoms with E-state index in [-0.39, 0.29) is 12.4 Å². The average Bonchev–Trinajstić information content (AvgIpc) is 2.30. The molecule has 0 aliphatic rings. The third-order valence-electron chi connectivity index (χ3n) is 2.66. The zero-order valence-corrected chi connectivity index (χ0v) is 10.3. The van der Waals surface area contributed by atoms with Crippen LogP contribution in [0.5, 0.6) is 0 Å². The number of nitrogens with two attached hydrogens (primary N) is 1. The van der Waals surface area contributed by atoms with E-state index in [0.29, 0.717) is 6.54 Å². The lowest BCUT2D eigenvalue weighted by Gasteiger charge is -2.21. The van der Waals surface area contributed by atoms with Gasteiger partial charge in [0.25, 0.3) is 0 Å². The zero-order chi connectivity index (χ0) is 12.7. The number of aliphatic hydroxyl groups excluding tert-OH is 1. The number of aliphatic hydroxyl groups is 1. The molecule has 1 rings (SSSR count). The minimum absolute atomic E-state index is 0.0982. The normalized spacial score (nSPS) is 10.8. The summed E-state index contributed by atoms with van der Waals surface area (Å²) in [4.78, 5) is 2.17. The summed E-state index contributed by atoms with van der Waals surface area (Å²) in [7, 11) is 0. The van der Waals surface area contributed by atoms with Crippen molar-refractivity contribution in [3.05, 3.63) is 35.4 Å². The maximum atomic E-state index is 9.01. The van der Waals surface area contributed by atoms with Crippen molar-refractivity contribution in [3.63, 3.8) is 0 Å². The summed E-state index contributed by atoms with van der Waals surface area (Å²) in [5, 5.41) is 16.5. The summed E-state index contributed by atoms with van der Waals surface area (Å²) < 4.78 is 0. The van der Waals surface area contributed by atoms with Crippen LogP contribution in [0.15, 0.2) is 24.3 Å². The molecular formula is C13H21N3O. The molecular weight excluding hydrogens is 214 g/mol. The first-order valence-electron chi connectivity index (χ1n) is 5.94. The molecule has 1 aromatic rings. The lowest BCUT2D eigenvalue weighted by atomic mass is 10.1. The van der Waals surface area contributed by atoms with E-state index in [4.69, 9.17) is 16.2 Å². The first kappa shape index (κ1) is 13.7. The molecule has 0 atom stereocenters. The molecule has 17 heavy (non-hydrogen) atoms. The molecule has 4 heteroatoms. The Morgan fingerprint density at radius 2 is 2.06 bits per heavy atom. The number of nitrogen functional groups attached to an aromatic ring is 1. The molecule has 0 fully saturated rings. The number of amidine groups is 1. The third-order valence-corrected chi connectivity index (χ3v) is 2.66. The largest absolute Gasteiger partial charge is 0.395 e. The molecule has 0 heterocycles. The van der Waals surface area contributed by atoms with Crippen LogP contribution in [0.2, 0.25) is 0 Å². The second kappa shape index (κ2) is 7.04. The Morgan fingerprint density at radius 3 is 2.65 bits per heavy atom. The van der Waals surface area contributed by atoms with E-state index in [1.165, 1.54) is 0 Å². The molecule has 0 radical (unpaired) electrons. The van der Waals surface area contributed by atoms with E-state index in [0.717, 1.165) is 30.6 Å². The van der Waals surface area contributed by atoms with Gasteiger partial charge in [-0.15, -0.1) is 0 Å². The van der Waals surface area contributed by atoms with Gasteiger partial charge in [0.05, 0.1) is 6.61 Å². The molecule has 4 N–H and O–H groups in total. The van der Waals surface area contributed by atoms with Crippen LogP contribution in [0, 0.1) is 5.41 Å². The lowest BCUT2D eigenvalue weighted by Crippen LogP contribution is -2.28. The van der Waals surface area contributed by atoms with Crippen molar-refractivity contribution >= 4 is 5.84 Å². The quantitative estimate of drug-likeness (QED) is 0.491. The molecule has 94 valence electrons. The van der Waals surface area contributed by atoms with Crippen molar-refractivity contribution in [1.82, 2.24) is 4.90 Å². The van der Waals surface area contributed by atoms with Gasteiger partial charge in [-0.3, -0.25) is 10.3 Å². The van der Waals surface area contributed by atoms with Gasteiger partial charge >= 0.3 is 0 Å². The molecule has 0 bridgehead atoms. The van der Waals surface area contributed by atoms with Crippen molar-refractivity contribution in [3.8, 4) is 0 Å². The summed E-state index contributed by atoms with van der Waals surface area (Å²) in [5.74, 6) is 0.0982. The lowest BCUT2D eigenvalue weighted by molar-refractivity contribution is 0.190. The van der Waals surface area contributed by atoms with E-state index >= 15 is 0 Å². The summed E-state index contributed by atoms with van der Waals surface area (Å²) >= 11 is 0. The number of hydrogen-bond donors (Lipinski definition) is 3. The fraction of sp³-hybridized carbons (Fsp3) is 0.462. The van der Waals surface area contributed by atoms with Gasteiger partial charge in [-0.1, -0.05) is 31.2 Å². The molecule has 0 saturated carbocycles. The number of hydrogen-bond acceptors (Lipinski definition) is 3. The number of rotatable bonds is 7. The van der Waals surface area contributed by atoms with Crippen molar-refractivity contribution in [1.29, 1.82) is 5.41 Å². The average molecular weight is 235 g/mol. The van der Waals surface area contributed by atoms with Crippen molar-refractivity contribution in [2.24, 2.45) is 5.73 Å². The number of nitrogens with zero attached hydrogens (tertiary/aromatic N) is 1. The zero-order valence-electron chi connectivity index (χ0n) is 10.3. The Morgan fingerprint density at radius 1 is 1.35 bits per heavy atom. The standard InChI is InChI=1S/C13H21N3O/c1-2-7-16(8-9-17)10-11-5-3-4-6-12(11)13(14)15/h3-6,17H,2,7-10H2,1H3,(H3,14,15). The first-order valence-corrected chi connectivity index (χ1v) is 5.94. The van der Waals surface area contributed by atoms with E-state index in [9.17, 15) is 0 Å². The minimum Gasteiger partial charge on any atom is -0.395 e. The van der Waals surface area contributed by atoms with E-state index in [1.54, 1.807) is 0 Å². The van der Waals surface area contributed by atoms with Gasteiger partial charge in [0.15, 0.2) is 0 Å². The van der Waals surface area contributed by atoms with E-state index in [2.05, 4.69) is 11.8 Å². The van der Waals surface area contributed by atoms with Crippen molar-refractivity contribution < 1.29 is 5.11 Å². The van der Waals surface area contributed by atoms with Gasteiger partial charge in [-0.2, -0.15) is 0 Å². The van der Waals surface area contributed by atoms with Crippen LogP contribution in [0.3, 0.4) is 0 Å². The molecule has 0 aliphatic heterocycles. The smallest absolute Gasteiger partial charge is 0.123 e. The van der Waals surface area contributed by atoms with Crippen LogP contribution in [0.4, 0.5) is 0 Å². The summed E-state index contributed by atoms with van der Waals surface area (Å²) in [5.41, 5.74) is 7.38. The van der Waals surface area contributed by atoms with E-state index < -0.39 is 0 Å². The maximum Gasteiger partial charge on any atom is 0.123 e. The highest BCUT2D eigenvalue weighted by Gasteiger charge is 2.09. The van der Waals surface area contributed by atoms with Crippen molar-refractivity contribution in [2.75, 3.05) is 19.7 Å². The Bertz CT molecular complexity index is 359. The van der Waals surface area contributed by atoms with Gasteiger partial charge in [0.2, 0.25) is 0 Å². The number of nitrogens with one attached hydrogen (secondary N) is 1. The highest BCUT2D eigenvalue weighted by molar-refractivity contribution is 5.96. The number of benzene rings is 1. The highest BCUT2D eigenvalue weighted by atomic mass is 16.3. The Balaban J connectivity index is 2.80. The molecule has 1 aromatic carbocycles. The molecule has 0 aliphatic carbocycles. The fourth-order valence-electron chi connectivity index (χ4n) is 1.89. The van der Waals surface area contributed by atoms with Crippen LogP contribution >= 0.6 is 0 Å². The van der Waals surface area contributed by atoms with Gasteiger partial charge in [-0.25, -0.2) is 0 Å². The van der Waals surface area contributed by atoms with Crippen LogP contribution in [0.1, 0.15) is 24.5 Å². The summed E-state index contributed by atoms with van der Waals surface area (Å²) in [6, 6.07) is 7.68. The molecule has 0 amide bonds. The van der Waals surface area contributed by atoms with Crippen LogP contribution in [-0.4, -0.2) is 35.5 Å². The molecule has 0 aromatic heterocycles. The van der Waals surface area contributed by atoms with Crippen molar-refractivity contribution in [2.45, 2.75) is 19.9 Å². The molecule has 0 spiro atoms. The second-order valence-corrected chi connectivity index (χ2v) is 4.07. The Labute approximate surface area is 103 Å². The molecule has 0 unspecified atom stereocenters. The summed E-state index contributed by atoms with van der Waals surface area (Å²) in [6.45, 7) is 4.58. The Hall–Kier alpha value is -1.39. The van der Waals surface area contributed by atoms with Gasteiger partial charge < -0.3 is 10.8 Å². The second-order valence-electron chi connectivity index (χ2n) is 4.07. The SMILES string of the molecule is CCCN(CCO)Cc1ccccc1C(=N)N. The van der Waals surface area contributed by atoms with Crippen LogP contribution in [-0.2, 0) is 6.54 Å². The van der Waals surface area contributed by atoms with E-state index in [1.807, 2.05) is 24.3 Å². The fourth-order valence-corrected chi connectivity index (χ4v) is 1.89. The minimum atomic E-state index is 0.0982. The van der Waals surface area contributed by atoms with Gasteiger partial charge in [0.1, 0.15) is 5.84 Å². The first-order chi connectivity index (χ1) is 8.19. The van der Waals surface area contributed by atoms with Crippen LogP contribution < -0.4 is 5.73 Å². The monoisotopic (exact) mass is 235 g/mol. The maximum absolute atomic E-state index is 9.01. The van der Waals surface area contributed by atoms with Gasteiger partial charge in [-0.05, 0) is 18.5 Å². The highest BCUT2D eigenvalue weighted by Crippen LogP contribution is 2.11. The van der Waals surface area contributed by atoms with Crippen LogP contribution in [0.25, 0.3) is 0 Å². The molecule has 0 saturated heterocycles. The topological polar surface area (TPSA) is 73.3 Å². The predicted molar refractivity (Wildman–Crippen MR) is 70.1 cm³/mol. The molecule has 4 nitrogen and oxygen atoms in total. The predicted octanol–water partition coefficient (Wildman–Crippen LogP) is 1.17. The van der Waals surface area contributed by atoms with Gasteiger partial charge in [0, 0.05) is 18.7 Å². The Kier molecular flexibility index (Phi) is 5.66.